The van der Waals surface area contributed by atoms with E-state index >= 15 is 0 Å². The molecule has 0 aliphatic carbocycles. The Balaban J connectivity index is 1.91. The maximum atomic E-state index is 11.8. The number of nitrogens with one attached hydrogen (secondary N) is 1. The van der Waals surface area contributed by atoms with E-state index in [4.69, 9.17) is 16.7 Å². The summed E-state index contributed by atoms with van der Waals surface area (Å²) in [7, 11) is 0. The highest BCUT2D eigenvalue weighted by Gasteiger charge is 2.08. The lowest BCUT2D eigenvalue weighted by Gasteiger charge is -2.00. The molecule has 0 aromatic carbocycles. The fourth-order valence-corrected chi connectivity index (χ4v) is 3.24. The van der Waals surface area contributed by atoms with Crippen molar-refractivity contribution in [3.63, 3.8) is 0 Å². The molecule has 2 aromatic rings. The molecule has 0 atom stereocenters. The Morgan fingerprint density at radius 3 is 2.70 bits per heavy atom. The summed E-state index contributed by atoms with van der Waals surface area (Å²) in [5.41, 5.74) is 0. The molecule has 0 bridgehead atoms. The van der Waals surface area contributed by atoms with E-state index in [1.54, 1.807) is 12.1 Å². The highest BCUT2D eigenvalue weighted by molar-refractivity contribution is 7.18. The van der Waals surface area contributed by atoms with Crippen molar-refractivity contribution in [3.05, 3.63) is 49.3 Å². The van der Waals surface area contributed by atoms with Gasteiger partial charge in [-0.05, 0) is 30.3 Å². The number of carboxylic acid groups (broad SMARTS) is 1. The number of hydrogen-bond acceptors (Lipinski definition) is 4. The Morgan fingerprint density at radius 2 is 2.05 bits per heavy atom. The van der Waals surface area contributed by atoms with Crippen molar-refractivity contribution in [3.8, 4) is 0 Å². The van der Waals surface area contributed by atoms with E-state index in [1.807, 2.05) is 12.1 Å². The summed E-state index contributed by atoms with van der Waals surface area (Å²) in [5, 5.41) is 11.3. The van der Waals surface area contributed by atoms with E-state index in [-0.39, 0.29) is 5.91 Å². The summed E-state index contributed by atoms with van der Waals surface area (Å²) in [6.45, 7) is 0.403. The van der Waals surface area contributed by atoms with Gasteiger partial charge in [-0.25, -0.2) is 4.79 Å². The van der Waals surface area contributed by atoms with Gasteiger partial charge in [0.05, 0.1) is 15.8 Å². The summed E-state index contributed by atoms with van der Waals surface area (Å²) in [4.78, 5) is 24.6. The van der Waals surface area contributed by atoms with Crippen LogP contribution in [0.5, 0.6) is 0 Å². The van der Waals surface area contributed by atoms with Crippen molar-refractivity contribution in [1.82, 2.24) is 5.32 Å². The average Bonchev–Trinajstić information content (AvgIpc) is 3.02. The van der Waals surface area contributed by atoms with Gasteiger partial charge in [0.15, 0.2) is 0 Å². The van der Waals surface area contributed by atoms with E-state index in [0.717, 1.165) is 15.8 Å². The molecular formula is C13H10ClNO3S2. The highest BCUT2D eigenvalue weighted by Crippen LogP contribution is 2.22. The first-order chi connectivity index (χ1) is 9.54. The molecule has 20 heavy (non-hydrogen) atoms. The molecule has 2 rings (SSSR count). The van der Waals surface area contributed by atoms with Crippen LogP contribution >= 0.6 is 34.3 Å². The highest BCUT2D eigenvalue weighted by atomic mass is 35.5. The molecule has 0 saturated heterocycles. The van der Waals surface area contributed by atoms with Gasteiger partial charge < -0.3 is 10.4 Å². The van der Waals surface area contributed by atoms with E-state index in [1.165, 1.54) is 28.7 Å². The van der Waals surface area contributed by atoms with E-state index < -0.39 is 5.97 Å². The van der Waals surface area contributed by atoms with Crippen molar-refractivity contribution >= 4 is 52.2 Å². The standard InChI is InChI=1S/C13H10ClNO3S2/c14-11-5-4-10(20-11)13(18)15-7-9-2-1-8(19-9)3-6-12(16)17/h1-6H,7H2,(H,15,18)(H,16,17). The van der Waals surface area contributed by atoms with Gasteiger partial charge in [-0.1, -0.05) is 11.6 Å². The number of carbonyl (C=O) groups excluding carboxylic acids is 1. The van der Waals surface area contributed by atoms with Crippen molar-refractivity contribution in [2.75, 3.05) is 0 Å². The summed E-state index contributed by atoms with van der Waals surface area (Å²) < 4.78 is 0.576. The largest absolute Gasteiger partial charge is 0.478 e. The Hall–Kier alpha value is -1.63. The zero-order chi connectivity index (χ0) is 14.5. The van der Waals surface area contributed by atoms with E-state index in [2.05, 4.69) is 5.32 Å². The number of rotatable bonds is 5. The number of carbonyl (C=O) groups is 2. The number of halogens is 1. The molecule has 0 spiro atoms. The number of thiophene rings is 2. The fourth-order valence-electron chi connectivity index (χ4n) is 1.42. The monoisotopic (exact) mass is 327 g/mol. The first-order valence-electron chi connectivity index (χ1n) is 5.58. The minimum absolute atomic E-state index is 0.169. The van der Waals surface area contributed by atoms with Gasteiger partial charge in [0, 0.05) is 15.8 Å². The van der Waals surface area contributed by atoms with Crippen LogP contribution in [-0.2, 0) is 11.3 Å². The zero-order valence-electron chi connectivity index (χ0n) is 10.1. The van der Waals surface area contributed by atoms with Crippen LogP contribution in [0.1, 0.15) is 19.4 Å². The lowest BCUT2D eigenvalue weighted by Crippen LogP contribution is -2.21. The molecule has 0 aliphatic heterocycles. The lowest BCUT2D eigenvalue weighted by atomic mass is 10.4. The zero-order valence-corrected chi connectivity index (χ0v) is 12.5. The van der Waals surface area contributed by atoms with Gasteiger partial charge in [0.1, 0.15) is 0 Å². The first kappa shape index (κ1) is 14.8. The lowest BCUT2D eigenvalue weighted by molar-refractivity contribution is -0.131. The quantitative estimate of drug-likeness (QED) is 0.826. The molecule has 0 fully saturated rings. The van der Waals surface area contributed by atoms with Crippen LogP contribution in [-0.4, -0.2) is 17.0 Å². The van der Waals surface area contributed by atoms with Crippen LogP contribution in [0.2, 0.25) is 4.34 Å². The van der Waals surface area contributed by atoms with Crippen LogP contribution in [0, 0.1) is 0 Å². The Kier molecular flexibility index (Phi) is 4.94. The van der Waals surface area contributed by atoms with Gasteiger partial charge in [0.25, 0.3) is 5.91 Å². The second-order valence-corrected chi connectivity index (χ2v) is 6.68. The molecule has 0 unspecified atom stereocenters. The Morgan fingerprint density at radius 1 is 1.25 bits per heavy atom. The van der Waals surface area contributed by atoms with Gasteiger partial charge in [-0.2, -0.15) is 0 Å². The van der Waals surface area contributed by atoms with E-state index in [0.29, 0.717) is 15.8 Å². The maximum absolute atomic E-state index is 11.8. The molecular weight excluding hydrogens is 318 g/mol. The predicted molar refractivity (Wildman–Crippen MR) is 81.5 cm³/mol. The number of amides is 1. The van der Waals surface area contributed by atoms with Crippen LogP contribution in [0.4, 0.5) is 0 Å². The van der Waals surface area contributed by atoms with Crippen LogP contribution in [0.3, 0.4) is 0 Å². The van der Waals surface area contributed by atoms with Crippen molar-refractivity contribution in [2.24, 2.45) is 0 Å². The number of aliphatic carboxylic acids is 1. The Bertz CT molecular complexity index is 660. The van der Waals surface area contributed by atoms with E-state index in [9.17, 15) is 9.59 Å². The number of hydrogen-bond donors (Lipinski definition) is 2. The molecule has 2 heterocycles. The van der Waals surface area contributed by atoms with Crippen molar-refractivity contribution < 1.29 is 14.7 Å². The smallest absolute Gasteiger partial charge is 0.328 e. The summed E-state index contributed by atoms with van der Waals surface area (Å²) in [5.74, 6) is -1.15. The normalized spacial score (nSPS) is 10.8. The van der Waals surface area contributed by atoms with Gasteiger partial charge in [0.2, 0.25) is 0 Å². The third-order valence-corrected chi connectivity index (χ3v) is 4.57. The molecule has 0 radical (unpaired) electrons. The summed E-state index contributed by atoms with van der Waals surface area (Å²) in [6.07, 6.45) is 2.61. The molecule has 4 nitrogen and oxygen atoms in total. The molecule has 104 valence electrons. The summed E-state index contributed by atoms with van der Waals surface area (Å²) in [6, 6.07) is 7.03. The van der Waals surface area contributed by atoms with Gasteiger partial charge >= 0.3 is 5.97 Å². The molecule has 1 amide bonds. The molecule has 2 aromatic heterocycles. The third-order valence-electron chi connectivity index (χ3n) is 2.29. The fraction of sp³-hybridized carbons (Fsp3) is 0.0769. The Labute approximate surface area is 128 Å². The molecule has 2 N–H and O–H groups in total. The summed E-state index contributed by atoms with van der Waals surface area (Å²) >= 11 is 8.43. The minimum Gasteiger partial charge on any atom is -0.478 e. The predicted octanol–water partition coefficient (Wildman–Crippen LogP) is 3.49. The van der Waals surface area contributed by atoms with Crippen LogP contribution < -0.4 is 5.32 Å². The molecule has 0 aliphatic rings. The maximum Gasteiger partial charge on any atom is 0.328 e. The molecule has 0 saturated carbocycles. The molecule has 7 heteroatoms. The van der Waals surface area contributed by atoms with Crippen molar-refractivity contribution in [1.29, 1.82) is 0 Å². The second-order valence-electron chi connectivity index (χ2n) is 3.76. The van der Waals surface area contributed by atoms with Gasteiger partial charge in [-0.3, -0.25) is 4.79 Å². The minimum atomic E-state index is -0.983. The second kappa shape index (κ2) is 6.69. The average molecular weight is 328 g/mol. The van der Waals surface area contributed by atoms with Crippen molar-refractivity contribution in [2.45, 2.75) is 6.54 Å². The number of carboxylic acids is 1. The van der Waals surface area contributed by atoms with Crippen LogP contribution in [0.15, 0.2) is 30.3 Å². The van der Waals surface area contributed by atoms with Gasteiger partial charge in [-0.15, -0.1) is 22.7 Å². The first-order valence-corrected chi connectivity index (χ1v) is 7.59. The SMILES string of the molecule is O=C(O)C=Cc1ccc(CNC(=O)c2ccc(Cl)s2)s1. The van der Waals surface area contributed by atoms with Crippen LogP contribution in [0.25, 0.3) is 6.08 Å². The topological polar surface area (TPSA) is 66.4 Å². The third kappa shape index (κ3) is 4.19.